The van der Waals surface area contributed by atoms with Crippen LogP contribution in [0.1, 0.15) is 42.4 Å². The largest absolute Gasteiger partial charge is 0.339 e. The van der Waals surface area contributed by atoms with E-state index in [2.05, 4.69) is 30.3 Å². The zero-order valence-corrected chi connectivity index (χ0v) is 21.2. The maximum atomic E-state index is 14.2. The van der Waals surface area contributed by atoms with E-state index in [-0.39, 0.29) is 17.7 Å². The lowest BCUT2D eigenvalue weighted by atomic mass is 9.95. The van der Waals surface area contributed by atoms with Crippen molar-refractivity contribution in [1.82, 2.24) is 9.80 Å². The third-order valence-electron chi connectivity index (χ3n) is 8.47. The molecule has 3 aromatic rings. The van der Waals surface area contributed by atoms with Gasteiger partial charge in [-0.3, -0.25) is 19.5 Å². The third kappa shape index (κ3) is 3.62. The summed E-state index contributed by atoms with van der Waals surface area (Å²) >= 11 is 0. The minimum Gasteiger partial charge on any atom is -0.339 e. The number of likely N-dealkylation sites (tertiary alicyclic amines) is 1. The van der Waals surface area contributed by atoms with Crippen LogP contribution in [0, 0.1) is 24.2 Å². The van der Waals surface area contributed by atoms with E-state index in [1.54, 1.807) is 4.90 Å². The van der Waals surface area contributed by atoms with E-state index in [0.29, 0.717) is 43.9 Å². The van der Waals surface area contributed by atoms with Crippen LogP contribution < -0.4 is 0 Å². The molecule has 6 nitrogen and oxygen atoms in total. The first-order valence-electron chi connectivity index (χ1n) is 13.2. The summed E-state index contributed by atoms with van der Waals surface area (Å²) in [7, 11) is 0. The van der Waals surface area contributed by atoms with Crippen molar-refractivity contribution in [3.05, 3.63) is 71.3 Å². The Bertz CT molecular complexity index is 1610. The van der Waals surface area contributed by atoms with Crippen molar-refractivity contribution in [1.29, 1.82) is 5.26 Å². The number of nitrogens with zero attached hydrogens (tertiary/aromatic N) is 4. The molecule has 2 aliphatic heterocycles. The van der Waals surface area contributed by atoms with Gasteiger partial charge >= 0.3 is 0 Å². The van der Waals surface area contributed by atoms with Crippen LogP contribution in [0.25, 0.3) is 21.9 Å². The number of alkyl halides is 1. The molecule has 4 aliphatic rings. The van der Waals surface area contributed by atoms with Crippen LogP contribution in [-0.2, 0) is 9.59 Å². The van der Waals surface area contributed by atoms with Gasteiger partial charge in [-0.2, -0.15) is 5.26 Å². The number of amidine groups is 1. The molecule has 7 rings (SSSR count). The molecule has 3 aromatic carbocycles. The van der Waals surface area contributed by atoms with Crippen LogP contribution in [0.4, 0.5) is 4.39 Å². The first-order chi connectivity index (χ1) is 18.3. The van der Waals surface area contributed by atoms with Gasteiger partial charge in [0.15, 0.2) is 5.67 Å². The fourth-order valence-corrected chi connectivity index (χ4v) is 5.78. The normalized spacial score (nSPS) is 20.9. The highest BCUT2D eigenvalue weighted by Gasteiger charge is 2.59. The molecule has 3 fully saturated rings. The Balaban J connectivity index is 1.13. The highest BCUT2D eigenvalue weighted by Crippen LogP contribution is 2.47. The fraction of sp³-hybridized carbons (Fsp3) is 0.355. The molecular formula is C31H27FN4O2. The van der Waals surface area contributed by atoms with Gasteiger partial charge in [0.2, 0.25) is 0 Å². The molecule has 2 amide bonds. The number of aliphatic imine (C=N–C) groups is 1. The Morgan fingerprint density at radius 3 is 2.39 bits per heavy atom. The minimum absolute atomic E-state index is 0.0520. The van der Waals surface area contributed by atoms with Crippen molar-refractivity contribution in [3.63, 3.8) is 0 Å². The highest BCUT2D eigenvalue weighted by molar-refractivity contribution is 6.17. The Morgan fingerprint density at radius 1 is 1.03 bits per heavy atom. The molecule has 0 unspecified atom stereocenters. The summed E-state index contributed by atoms with van der Waals surface area (Å²) in [5.74, 6) is 0.506. The molecule has 2 heterocycles. The van der Waals surface area contributed by atoms with Crippen molar-refractivity contribution < 1.29 is 14.0 Å². The molecule has 0 bridgehead atoms. The monoisotopic (exact) mass is 506 g/mol. The van der Waals surface area contributed by atoms with Crippen LogP contribution in [0.2, 0.25) is 0 Å². The topological polar surface area (TPSA) is 76.8 Å². The van der Waals surface area contributed by atoms with Crippen molar-refractivity contribution in [2.45, 2.75) is 43.8 Å². The molecule has 1 spiro atoms. The number of hydrogen-bond donors (Lipinski definition) is 0. The molecular weight excluding hydrogens is 479 g/mol. The summed E-state index contributed by atoms with van der Waals surface area (Å²) in [6, 6.07) is 20.3. The van der Waals surface area contributed by atoms with Crippen LogP contribution in [0.3, 0.4) is 0 Å². The van der Waals surface area contributed by atoms with E-state index in [9.17, 15) is 14.0 Å². The van der Waals surface area contributed by atoms with Gasteiger partial charge < -0.3 is 4.90 Å². The standard InChI is InChI=1S/C31H27FN4O2/c1-19-12-22(25-5-4-23-13-20(15-33)2-3-24(23)14-25)6-7-26(19)27-34-31(10-11-31)29(38)36(27)18-21-16-35(17-21)28(37)30(32)8-9-30/h2-7,12-14,21H,8-11,16-18H2,1H3. The maximum Gasteiger partial charge on any atom is 0.260 e. The Morgan fingerprint density at radius 2 is 1.71 bits per heavy atom. The second-order valence-corrected chi connectivity index (χ2v) is 11.3. The molecule has 190 valence electrons. The van der Waals surface area contributed by atoms with Crippen LogP contribution in [0.5, 0.6) is 0 Å². The number of aryl methyl sites for hydroxylation is 1. The number of fused-ring (bicyclic) bond motifs is 1. The van der Waals surface area contributed by atoms with Gasteiger partial charge in [0.1, 0.15) is 11.4 Å². The first kappa shape index (κ1) is 23.1. The second kappa shape index (κ2) is 7.97. The summed E-state index contributed by atoms with van der Waals surface area (Å²) < 4.78 is 14.2. The molecule has 0 atom stereocenters. The quantitative estimate of drug-likeness (QED) is 0.500. The lowest BCUT2D eigenvalue weighted by molar-refractivity contribution is -0.145. The van der Waals surface area contributed by atoms with Crippen molar-refractivity contribution in [2.75, 3.05) is 19.6 Å². The lowest BCUT2D eigenvalue weighted by Crippen LogP contribution is -2.57. The Labute approximate surface area is 220 Å². The van der Waals surface area contributed by atoms with Crippen LogP contribution >= 0.6 is 0 Å². The van der Waals surface area contributed by atoms with E-state index < -0.39 is 11.2 Å². The average Bonchev–Trinajstić information content (AvgIpc) is 3.82. The van der Waals surface area contributed by atoms with Crippen molar-refractivity contribution >= 4 is 28.4 Å². The van der Waals surface area contributed by atoms with Gasteiger partial charge in [0, 0.05) is 31.1 Å². The molecule has 38 heavy (non-hydrogen) atoms. The summed E-state index contributed by atoms with van der Waals surface area (Å²) in [5, 5.41) is 11.3. The summed E-state index contributed by atoms with van der Waals surface area (Å²) in [5.41, 5.74) is 2.53. The summed E-state index contributed by atoms with van der Waals surface area (Å²) in [4.78, 5) is 34.0. The number of carbonyl (C=O) groups is 2. The van der Waals surface area contributed by atoms with Crippen molar-refractivity contribution in [3.8, 4) is 17.2 Å². The van der Waals surface area contributed by atoms with E-state index >= 15 is 0 Å². The highest BCUT2D eigenvalue weighted by atomic mass is 19.1. The number of hydrogen-bond acceptors (Lipinski definition) is 4. The lowest BCUT2D eigenvalue weighted by Gasteiger charge is -2.41. The Kier molecular flexibility index (Phi) is 4.85. The molecule has 2 aliphatic carbocycles. The molecule has 0 N–H and O–H groups in total. The zero-order chi connectivity index (χ0) is 26.2. The van der Waals surface area contributed by atoms with E-state index in [4.69, 9.17) is 10.3 Å². The van der Waals surface area contributed by atoms with Crippen LogP contribution in [0.15, 0.2) is 59.6 Å². The number of halogens is 1. The smallest absolute Gasteiger partial charge is 0.260 e. The van der Waals surface area contributed by atoms with Gasteiger partial charge in [-0.05, 0) is 78.3 Å². The van der Waals surface area contributed by atoms with Crippen molar-refractivity contribution in [2.24, 2.45) is 10.9 Å². The van der Waals surface area contributed by atoms with E-state index in [0.717, 1.165) is 45.9 Å². The van der Waals surface area contributed by atoms with Gasteiger partial charge in [-0.1, -0.05) is 36.4 Å². The number of nitriles is 1. The summed E-state index contributed by atoms with van der Waals surface area (Å²) in [6.07, 6.45) is 2.20. The van der Waals surface area contributed by atoms with Gasteiger partial charge in [-0.15, -0.1) is 0 Å². The fourth-order valence-electron chi connectivity index (χ4n) is 5.78. The van der Waals surface area contributed by atoms with Gasteiger partial charge in [-0.25, -0.2) is 4.39 Å². The number of amides is 2. The molecule has 0 radical (unpaired) electrons. The van der Waals surface area contributed by atoms with Gasteiger partial charge in [0.25, 0.3) is 11.8 Å². The number of rotatable bonds is 5. The molecule has 2 saturated carbocycles. The first-order valence-corrected chi connectivity index (χ1v) is 13.2. The van der Waals surface area contributed by atoms with Gasteiger partial charge in [0.05, 0.1) is 11.6 Å². The second-order valence-electron chi connectivity index (χ2n) is 11.3. The van der Waals surface area contributed by atoms with E-state index in [1.807, 2.05) is 42.2 Å². The molecule has 1 saturated heterocycles. The SMILES string of the molecule is Cc1cc(-c2ccc3cc(C#N)ccc3c2)ccc1C1=NC2(CC2)C(=O)N1CC1CN(C(=O)C2(F)CC2)C1. The zero-order valence-electron chi connectivity index (χ0n) is 21.2. The van der Waals surface area contributed by atoms with E-state index in [1.165, 1.54) is 0 Å². The number of benzene rings is 3. The Hall–Kier alpha value is -4.05. The predicted octanol–water partition coefficient (Wildman–Crippen LogP) is 4.77. The number of carbonyl (C=O) groups excluding carboxylic acids is 2. The third-order valence-corrected chi connectivity index (χ3v) is 8.47. The summed E-state index contributed by atoms with van der Waals surface area (Å²) in [6.45, 7) is 3.52. The molecule has 0 aromatic heterocycles. The maximum absolute atomic E-state index is 14.2. The predicted molar refractivity (Wildman–Crippen MR) is 142 cm³/mol. The van der Waals surface area contributed by atoms with Crippen LogP contribution in [-0.4, -0.2) is 58.3 Å². The average molecular weight is 507 g/mol. The molecule has 7 heteroatoms. The minimum atomic E-state index is -1.64.